The molecule has 118 valence electrons. The Morgan fingerprint density at radius 1 is 0.680 bits per heavy atom. The number of benzene rings is 3. The first-order valence-corrected chi connectivity index (χ1v) is 8.27. The fraction of sp³-hybridized carbons (Fsp3) is 0. The Bertz CT molecular complexity index is 1180. The molecule has 2 heterocycles. The molecule has 3 heteroatoms. The van der Waals surface area contributed by atoms with E-state index in [2.05, 4.69) is 81.3 Å². The predicted molar refractivity (Wildman–Crippen MR) is 102 cm³/mol. The highest BCUT2D eigenvalue weighted by atomic mass is 15.0. The summed E-state index contributed by atoms with van der Waals surface area (Å²) < 4.78 is 2.31. The number of nitrogens with zero attached hydrogens (tertiary/aromatic N) is 3. The first-order chi connectivity index (χ1) is 12.4. The molecule has 0 amide bonds. The largest absolute Gasteiger partial charge is 0.309 e. The van der Waals surface area contributed by atoms with Crippen LogP contribution in [-0.4, -0.2) is 14.5 Å². The van der Waals surface area contributed by atoms with Gasteiger partial charge in [-0.05, 0) is 30.3 Å². The van der Waals surface area contributed by atoms with E-state index in [1.807, 2.05) is 6.07 Å². The number of hydrogen-bond acceptors (Lipinski definition) is 2. The summed E-state index contributed by atoms with van der Waals surface area (Å²) in [5.74, 6) is 0. The van der Waals surface area contributed by atoms with E-state index < -0.39 is 0 Å². The van der Waals surface area contributed by atoms with Crippen molar-refractivity contribution in [3.05, 3.63) is 91.4 Å². The predicted octanol–water partition coefficient (Wildman–Crippen LogP) is 5.24. The van der Waals surface area contributed by atoms with E-state index in [1.54, 1.807) is 18.6 Å². The smallest absolute Gasteiger partial charge is 0.0885 e. The minimum absolute atomic E-state index is 0.890. The lowest BCUT2D eigenvalue weighted by molar-refractivity contribution is 1.18. The number of aromatic nitrogens is 3. The summed E-state index contributed by atoms with van der Waals surface area (Å²) in [6.45, 7) is 0. The Morgan fingerprint density at radius 3 is 2.32 bits per heavy atom. The van der Waals surface area contributed by atoms with Crippen molar-refractivity contribution in [2.75, 3.05) is 0 Å². The summed E-state index contributed by atoms with van der Waals surface area (Å²) in [4.78, 5) is 8.62. The maximum absolute atomic E-state index is 4.43. The normalized spacial score (nSPS) is 11.2. The molecule has 3 nitrogen and oxygen atoms in total. The minimum Gasteiger partial charge on any atom is -0.309 e. The van der Waals surface area contributed by atoms with Gasteiger partial charge in [-0.2, -0.15) is 0 Å². The van der Waals surface area contributed by atoms with Gasteiger partial charge in [0, 0.05) is 34.4 Å². The molecule has 2 aromatic heterocycles. The van der Waals surface area contributed by atoms with E-state index in [1.165, 1.54) is 27.5 Å². The zero-order chi connectivity index (χ0) is 16.6. The van der Waals surface area contributed by atoms with Crippen LogP contribution in [0.4, 0.5) is 0 Å². The number of fused-ring (bicyclic) bond motifs is 3. The molecule has 0 N–H and O–H groups in total. The van der Waals surface area contributed by atoms with Crippen LogP contribution in [0.1, 0.15) is 0 Å². The monoisotopic (exact) mass is 321 g/mol. The van der Waals surface area contributed by atoms with Crippen LogP contribution < -0.4 is 0 Å². The molecule has 3 aromatic carbocycles. The van der Waals surface area contributed by atoms with Crippen LogP contribution in [0.5, 0.6) is 0 Å². The standard InChI is InChI=1S/C22H15N3/c1-2-6-17(7-3-1)25-21-9-5-4-8-18(21)19-14-16(10-11-22(19)25)20-15-23-12-13-24-20/h1-15H. The van der Waals surface area contributed by atoms with Crippen molar-refractivity contribution in [3.63, 3.8) is 0 Å². The molecule has 25 heavy (non-hydrogen) atoms. The summed E-state index contributed by atoms with van der Waals surface area (Å²) in [5, 5.41) is 2.47. The minimum atomic E-state index is 0.890. The molecule has 0 saturated heterocycles. The van der Waals surface area contributed by atoms with E-state index >= 15 is 0 Å². The molecule has 0 atom stereocenters. The average Bonchev–Trinajstić information content (AvgIpc) is 3.03. The van der Waals surface area contributed by atoms with E-state index in [0.717, 1.165) is 11.3 Å². The quantitative estimate of drug-likeness (QED) is 0.445. The number of para-hydroxylation sites is 2. The topological polar surface area (TPSA) is 30.7 Å². The van der Waals surface area contributed by atoms with Crippen LogP contribution in [0.15, 0.2) is 91.4 Å². The molecule has 0 saturated carbocycles. The zero-order valence-corrected chi connectivity index (χ0v) is 13.5. The van der Waals surface area contributed by atoms with E-state index in [0.29, 0.717) is 0 Å². The van der Waals surface area contributed by atoms with Crippen molar-refractivity contribution in [2.24, 2.45) is 0 Å². The van der Waals surface area contributed by atoms with Crippen LogP contribution in [0, 0.1) is 0 Å². The average molecular weight is 321 g/mol. The summed E-state index contributed by atoms with van der Waals surface area (Å²) >= 11 is 0. The molecule has 5 aromatic rings. The Morgan fingerprint density at radius 2 is 1.48 bits per heavy atom. The van der Waals surface area contributed by atoms with Gasteiger partial charge in [-0.15, -0.1) is 0 Å². The van der Waals surface area contributed by atoms with E-state index in [4.69, 9.17) is 0 Å². The maximum Gasteiger partial charge on any atom is 0.0885 e. The third-order valence-electron chi connectivity index (χ3n) is 4.55. The van der Waals surface area contributed by atoms with Crippen molar-refractivity contribution >= 4 is 21.8 Å². The van der Waals surface area contributed by atoms with Crippen molar-refractivity contribution in [1.82, 2.24) is 14.5 Å². The number of rotatable bonds is 2. The fourth-order valence-electron chi connectivity index (χ4n) is 3.44. The summed E-state index contributed by atoms with van der Waals surface area (Å²) in [6, 6.07) is 25.5. The van der Waals surface area contributed by atoms with Crippen LogP contribution >= 0.6 is 0 Å². The summed E-state index contributed by atoms with van der Waals surface area (Å²) in [7, 11) is 0. The molecule has 5 rings (SSSR count). The molecule has 0 aliphatic heterocycles. The van der Waals surface area contributed by atoms with Gasteiger partial charge in [-0.25, -0.2) is 0 Å². The zero-order valence-electron chi connectivity index (χ0n) is 13.5. The molecular formula is C22H15N3. The van der Waals surface area contributed by atoms with Crippen LogP contribution in [0.2, 0.25) is 0 Å². The lowest BCUT2D eigenvalue weighted by Gasteiger charge is -2.07. The van der Waals surface area contributed by atoms with Crippen LogP contribution in [-0.2, 0) is 0 Å². The third kappa shape index (κ3) is 2.21. The first-order valence-electron chi connectivity index (χ1n) is 8.27. The second kappa shape index (κ2) is 5.56. The second-order valence-corrected chi connectivity index (χ2v) is 6.01. The van der Waals surface area contributed by atoms with Crippen molar-refractivity contribution in [2.45, 2.75) is 0 Å². The molecule has 0 radical (unpaired) electrons. The molecule has 0 unspecified atom stereocenters. The number of hydrogen-bond donors (Lipinski definition) is 0. The van der Waals surface area contributed by atoms with Gasteiger partial charge in [0.15, 0.2) is 0 Å². The Labute approximate surface area is 145 Å². The van der Waals surface area contributed by atoms with Gasteiger partial charge in [0.2, 0.25) is 0 Å². The summed E-state index contributed by atoms with van der Waals surface area (Å²) in [6.07, 6.45) is 5.23. The van der Waals surface area contributed by atoms with Gasteiger partial charge < -0.3 is 4.57 Å². The molecule has 0 bridgehead atoms. The van der Waals surface area contributed by atoms with Crippen molar-refractivity contribution in [3.8, 4) is 16.9 Å². The van der Waals surface area contributed by atoms with Gasteiger partial charge in [0.1, 0.15) is 0 Å². The maximum atomic E-state index is 4.43. The van der Waals surface area contributed by atoms with Crippen LogP contribution in [0.25, 0.3) is 38.8 Å². The molecule has 0 aliphatic rings. The molecule has 0 fully saturated rings. The van der Waals surface area contributed by atoms with Crippen molar-refractivity contribution < 1.29 is 0 Å². The Kier molecular flexibility index (Phi) is 3.10. The molecular weight excluding hydrogens is 306 g/mol. The van der Waals surface area contributed by atoms with Gasteiger partial charge in [-0.1, -0.05) is 42.5 Å². The van der Waals surface area contributed by atoms with Gasteiger partial charge >= 0.3 is 0 Å². The highest BCUT2D eigenvalue weighted by Crippen LogP contribution is 2.34. The lowest BCUT2D eigenvalue weighted by atomic mass is 10.1. The van der Waals surface area contributed by atoms with Crippen LogP contribution in [0.3, 0.4) is 0 Å². The first kappa shape index (κ1) is 13.9. The van der Waals surface area contributed by atoms with E-state index in [9.17, 15) is 0 Å². The Hall–Kier alpha value is -3.46. The van der Waals surface area contributed by atoms with Crippen molar-refractivity contribution in [1.29, 1.82) is 0 Å². The van der Waals surface area contributed by atoms with Gasteiger partial charge in [-0.3, -0.25) is 9.97 Å². The van der Waals surface area contributed by atoms with E-state index in [-0.39, 0.29) is 0 Å². The summed E-state index contributed by atoms with van der Waals surface area (Å²) in [5.41, 5.74) is 5.54. The molecule has 0 aliphatic carbocycles. The Balaban J connectivity index is 1.86. The fourth-order valence-corrected chi connectivity index (χ4v) is 3.44. The van der Waals surface area contributed by atoms with Gasteiger partial charge in [0.25, 0.3) is 0 Å². The highest BCUT2D eigenvalue weighted by Gasteiger charge is 2.12. The third-order valence-corrected chi connectivity index (χ3v) is 4.55. The SMILES string of the molecule is c1ccc(-n2c3ccccc3c3cc(-c4cnccn4)ccc32)cc1. The highest BCUT2D eigenvalue weighted by molar-refractivity contribution is 6.10. The van der Waals surface area contributed by atoms with Gasteiger partial charge in [0.05, 0.1) is 22.9 Å². The lowest BCUT2D eigenvalue weighted by Crippen LogP contribution is -1.93. The molecule has 0 spiro atoms. The second-order valence-electron chi connectivity index (χ2n) is 6.01.